The van der Waals surface area contributed by atoms with E-state index in [4.69, 9.17) is 0 Å². The lowest BCUT2D eigenvalue weighted by Gasteiger charge is -2.20. The van der Waals surface area contributed by atoms with Crippen LogP contribution in [-0.2, 0) is 4.79 Å². The number of carbonyl (C=O) groups excluding carboxylic acids is 1. The number of aliphatic hydroxyl groups is 2. The minimum atomic E-state index is -0.843. The molecule has 0 spiro atoms. The maximum absolute atomic E-state index is 12.5. The highest BCUT2D eigenvalue weighted by atomic mass is 16.3. The average Bonchev–Trinajstić information content (AvgIpc) is 3.25. The summed E-state index contributed by atoms with van der Waals surface area (Å²) in [7, 11) is 0. The molecule has 0 radical (unpaired) electrons. The number of hydrogen-bond acceptors (Lipinski definition) is 3. The van der Waals surface area contributed by atoms with Crippen LogP contribution in [0.1, 0.15) is 284 Å². The van der Waals surface area contributed by atoms with E-state index in [-0.39, 0.29) is 12.5 Å². The number of amides is 1. The Hall–Kier alpha value is -1.65. The minimum Gasteiger partial charge on any atom is -0.394 e. The number of allylic oxidation sites excluding steroid dienone is 7. The summed E-state index contributed by atoms with van der Waals surface area (Å²) in [5, 5.41) is 23.2. The molecule has 2 unspecified atom stereocenters. The maximum Gasteiger partial charge on any atom is 0.220 e. The molecule has 0 heterocycles. The molecule has 4 heteroatoms. The fraction of sp³-hybridized carbons (Fsp3) is 0.839. The van der Waals surface area contributed by atoms with E-state index in [1.165, 1.54) is 225 Å². The van der Waals surface area contributed by atoms with Gasteiger partial charge in [0.25, 0.3) is 0 Å². The summed E-state index contributed by atoms with van der Waals surface area (Å²) in [5.74, 6) is -0.0661. The molecule has 0 aromatic rings. The van der Waals surface area contributed by atoms with Crippen LogP contribution in [0.4, 0.5) is 0 Å². The van der Waals surface area contributed by atoms with Crippen molar-refractivity contribution in [2.24, 2.45) is 0 Å². The molecule has 352 valence electrons. The Morgan fingerprint density at radius 2 is 0.683 bits per heavy atom. The van der Waals surface area contributed by atoms with Crippen LogP contribution in [0.3, 0.4) is 0 Å². The number of nitrogens with one attached hydrogen (secondary N) is 1. The Labute approximate surface area is 375 Å². The molecule has 0 aliphatic carbocycles. The molecule has 2 atom stereocenters. The van der Waals surface area contributed by atoms with Crippen molar-refractivity contribution < 1.29 is 15.0 Å². The van der Waals surface area contributed by atoms with Crippen LogP contribution >= 0.6 is 0 Å². The number of unbranched alkanes of at least 4 members (excludes halogenated alkanes) is 36. The predicted molar refractivity (Wildman–Crippen MR) is 267 cm³/mol. The van der Waals surface area contributed by atoms with Crippen LogP contribution in [0.5, 0.6) is 0 Å². The quantitative estimate of drug-likeness (QED) is 0.0422. The van der Waals surface area contributed by atoms with Crippen molar-refractivity contribution in [2.75, 3.05) is 6.61 Å². The molecule has 0 saturated carbocycles. The monoisotopic (exact) mass is 840 g/mol. The molecule has 60 heavy (non-hydrogen) atoms. The van der Waals surface area contributed by atoms with Crippen molar-refractivity contribution in [1.82, 2.24) is 5.32 Å². The molecule has 0 rings (SSSR count). The SMILES string of the molecule is CCCCCCC/C=C\C/C=C\C/C=C\CCCCCCCCCCCCC(=O)NC(CO)C(O)/C=C/CCCCCCCCCCCCCCCCCCCCCCC. The van der Waals surface area contributed by atoms with E-state index in [1.54, 1.807) is 6.08 Å². The second kappa shape index (κ2) is 51.7. The van der Waals surface area contributed by atoms with Gasteiger partial charge in [-0.2, -0.15) is 0 Å². The summed E-state index contributed by atoms with van der Waals surface area (Å²) in [5.41, 5.74) is 0. The van der Waals surface area contributed by atoms with Crippen molar-refractivity contribution >= 4 is 5.91 Å². The molecule has 0 fully saturated rings. The zero-order valence-electron chi connectivity index (χ0n) is 40.5. The average molecular weight is 840 g/mol. The first kappa shape index (κ1) is 58.4. The highest BCUT2D eigenvalue weighted by Crippen LogP contribution is 2.16. The topological polar surface area (TPSA) is 69.6 Å². The van der Waals surface area contributed by atoms with E-state index < -0.39 is 12.1 Å². The van der Waals surface area contributed by atoms with Crippen molar-refractivity contribution in [1.29, 1.82) is 0 Å². The molecule has 0 aliphatic heterocycles. The molecule has 0 bridgehead atoms. The molecule has 4 nitrogen and oxygen atoms in total. The van der Waals surface area contributed by atoms with Crippen molar-refractivity contribution in [2.45, 2.75) is 296 Å². The van der Waals surface area contributed by atoms with E-state index in [1.807, 2.05) is 6.08 Å². The Morgan fingerprint density at radius 1 is 0.400 bits per heavy atom. The van der Waals surface area contributed by atoms with Gasteiger partial charge in [0.15, 0.2) is 0 Å². The maximum atomic E-state index is 12.5. The summed E-state index contributed by atoms with van der Waals surface area (Å²) in [6, 6.07) is -0.626. The molecule has 0 saturated heterocycles. The van der Waals surface area contributed by atoms with Gasteiger partial charge in [-0.1, -0.05) is 268 Å². The van der Waals surface area contributed by atoms with Crippen molar-refractivity contribution in [3.05, 3.63) is 48.6 Å². The van der Waals surface area contributed by atoms with E-state index in [9.17, 15) is 15.0 Å². The van der Waals surface area contributed by atoms with Gasteiger partial charge in [0.05, 0.1) is 18.8 Å². The smallest absolute Gasteiger partial charge is 0.220 e. The Morgan fingerprint density at radius 3 is 1.02 bits per heavy atom. The van der Waals surface area contributed by atoms with Gasteiger partial charge in [-0.25, -0.2) is 0 Å². The second-order valence-corrected chi connectivity index (χ2v) is 18.3. The third-order valence-corrected chi connectivity index (χ3v) is 12.3. The Bertz CT molecular complexity index is 954. The molecule has 1 amide bonds. The summed E-state index contributed by atoms with van der Waals surface area (Å²) in [6.07, 6.45) is 71.1. The fourth-order valence-electron chi connectivity index (χ4n) is 8.19. The summed E-state index contributed by atoms with van der Waals surface area (Å²) >= 11 is 0. The van der Waals surface area contributed by atoms with Crippen LogP contribution in [0.15, 0.2) is 48.6 Å². The van der Waals surface area contributed by atoms with Crippen LogP contribution in [0.25, 0.3) is 0 Å². The van der Waals surface area contributed by atoms with Gasteiger partial charge in [-0.15, -0.1) is 0 Å². The first-order valence-electron chi connectivity index (χ1n) is 26.9. The number of aliphatic hydroxyl groups excluding tert-OH is 2. The lowest BCUT2D eigenvalue weighted by Crippen LogP contribution is -2.45. The third-order valence-electron chi connectivity index (χ3n) is 12.3. The molecule has 0 aliphatic rings. The standard InChI is InChI=1S/C56H105NO3/c1-3-5-7-9-11-13-15-17-19-21-23-25-27-28-30-32-34-36-38-40-42-44-46-48-50-52-56(60)57-54(53-58)55(59)51-49-47-45-43-41-39-37-35-33-31-29-26-24-22-20-18-16-14-12-10-8-6-4-2/h15,17,21,23,27-28,49,51,54-55,58-59H,3-14,16,18-20,22,24-26,29-48,50,52-53H2,1-2H3,(H,57,60)/b17-15-,23-21-,28-27-,51-49+. The molecular weight excluding hydrogens is 735 g/mol. The van der Waals surface area contributed by atoms with Crippen LogP contribution < -0.4 is 5.32 Å². The third kappa shape index (κ3) is 47.4. The molecular formula is C56H105NO3. The van der Waals surface area contributed by atoms with Crippen LogP contribution in [0, 0.1) is 0 Å². The highest BCUT2D eigenvalue weighted by molar-refractivity contribution is 5.76. The largest absolute Gasteiger partial charge is 0.394 e. The molecule has 0 aromatic carbocycles. The van der Waals surface area contributed by atoms with Gasteiger partial charge in [-0.3, -0.25) is 4.79 Å². The Kier molecular flexibility index (Phi) is 50.3. The first-order chi connectivity index (χ1) is 29.7. The second-order valence-electron chi connectivity index (χ2n) is 18.3. The van der Waals surface area contributed by atoms with Crippen molar-refractivity contribution in [3.63, 3.8) is 0 Å². The van der Waals surface area contributed by atoms with Gasteiger partial charge in [-0.05, 0) is 57.8 Å². The van der Waals surface area contributed by atoms with Gasteiger partial charge in [0.1, 0.15) is 0 Å². The van der Waals surface area contributed by atoms with Crippen molar-refractivity contribution in [3.8, 4) is 0 Å². The van der Waals surface area contributed by atoms with E-state index in [2.05, 4.69) is 55.6 Å². The first-order valence-corrected chi connectivity index (χ1v) is 26.9. The van der Waals surface area contributed by atoms with E-state index in [0.29, 0.717) is 6.42 Å². The van der Waals surface area contributed by atoms with Gasteiger partial charge in [0, 0.05) is 6.42 Å². The predicted octanol–water partition coefficient (Wildman–Crippen LogP) is 17.5. The molecule has 0 aromatic heterocycles. The zero-order valence-corrected chi connectivity index (χ0v) is 40.5. The van der Waals surface area contributed by atoms with Crippen LogP contribution in [-0.4, -0.2) is 34.9 Å². The summed E-state index contributed by atoms with van der Waals surface area (Å²) in [6.45, 7) is 4.32. The number of carbonyl (C=O) groups is 1. The van der Waals surface area contributed by atoms with Gasteiger partial charge in [0.2, 0.25) is 5.91 Å². The summed E-state index contributed by atoms with van der Waals surface area (Å²) < 4.78 is 0. The number of hydrogen-bond donors (Lipinski definition) is 3. The lowest BCUT2D eigenvalue weighted by atomic mass is 10.0. The normalized spacial score (nSPS) is 13.2. The molecule has 3 N–H and O–H groups in total. The lowest BCUT2D eigenvalue weighted by molar-refractivity contribution is -0.123. The number of rotatable bonds is 49. The fourth-order valence-corrected chi connectivity index (χ4v) is 8.19. The Balaban J connectivity index is 3.53. The minimum absolute atomic E-state index is 0.0661. The zero-order chi connectivity index (χ0) is 43.5. The van der Waals surface area contributed by atoms with Crippen LogP contribution in [0.2, 0.25) is 0 Å². The summed E-state index contributed by atoms with van der Waals surface area (Å²) in [4.78, 5) is 12.5. The van der Waals surface area contributed by atoms with Gasteiger partial charge >= 0.3 is 0 Å². The van der Waals surface area contributed by atoms with E-state index >= 15 is 0 Å². The van der Waals surface area contributed by atoms with E-state index in [0.717, 1.165) is 38.5 Å². The van der Waals surface area contributed by atoms with Gasteiger partial charge < -0.3 is 15.5 Å². The highest BCUT2D eigenvalue weighted by Gasteiger charge is 2.18.